The number of nitrogens with one attached hydrogen (secondary N) is 2. The quantitative estimate of drug-likeness (QED) is 0.378. The summed E-state index contributed by atoms with van der Waals surface area (Å²) < 4.78 is 11.1. The van der Waals surface area contributed by atoms with Gasteiger partial charge in [0.2, 0.25) is 0 Å². The molecule has 0 radical (unpaired) electrons. The van der Waals surface area contributed by atoms with Crippen molar-refractivity contribution in [3.63, 3.8) is 0 Å². The molecule has 0 aliphatic carbocycles. The average Bonchev–Trinajstić information content (AvgIpc) is 3.14. The van der Waals surface area contributed by atoms with Gasteiger partial charge in [-0.1, -0.05) is 13.3 Å². The highest BCUT2D eigenvalue weighted by molar-refractivity contribution is 5.79. The highest BCUT2D eigenvalue weighted by Crippen LogP contribution is 2.15. The van der Waals surface area contributed by atoms with Gasteiger partial charge in [0, 0.05) is 45.3 Å². The summed E-state index contributed by atoms with van der Waals surface area (Å²) in [6.45, 7) is 9.89. The van der Waals surface area contributed by atoms with Gasteiger partial charge in [0.1, 0.15) is 0 Å². The third-order valence-corrected chi connectivity index (χ3v) is 5.02. The van der Waals surface area contributed by atoms with E-state index in [-0.39, 0.29) is 0 Å². The molecule has 2 rings (SSSR count). The van der Waals surface area contributed by atoms with E-state index in [1.807, 2.05) is 7.05 Å². The van der Waals surface area contributed by atoms with Crippen LogP contribution in [-0.4, -0.2) is 76.6 Å². The lowest BCUT2D eigenvalue weighted by atomic mass is 10.0. The van der Waals surface area contributed by atoms with Gasteiger partial charge in [0.05, 0.1) is 13.2 Å². The molecule has 140 valence electrons. The minimum atomic E-state index is 0.601. The monoisotopic (exact) mass is 340 g/mol. The number of hydrogen-bond acceptors (Lipinski definition) is 4. The van der Waals surface area contributed by atoms with Crippen LogP contribution in [0.15, 0.2) is 4.99 Å². The first kappa shape index (κ1) is 19.5. The van der Waals surface area contributed by atoms with Gasteiger partial charge in [-0.15, -0.1) is 0 Å². The first-order valence-corrected chi connectivity index (χ1v) is 9.67. The van der Waals surface area contributed by atoms with E-state index in [1.165, 1.54) is 25.8 Å². The van der Waals surface area contributed by atoms with Crippen molar-refractivity contribution in [2.45, 2.75) is 45.1 Å². The van der Waals surface area contributed by atoms with E-state index in [2.05, 4.69) is 27.4 Å². The minimum absolute atomic E-state index is 0.601. The Hall–Kier alpha value is -0.850. The number of piperidine rings is 1. The molecule has 0 aromatic heterocycles. The van der Waals surface area contributed by atoms with Gasteiger partial charge >= 0.3 is 0 Å². The minimum Gasteiger partial charge on any atom is -0.381 e. The fraction of sp³-hybridized carbons (Fsp3) is 0.944. The lowest BCUT2D eigenvalue weighted by molar-refractivity contribution is 0.0888. The maximum absolute atomic E-state index is 5.73. The Morgan fingerprint density at radius 1 is 1.29 bits per heavy atom. The van der Waals surface area contributed by atoms with E-state index in [9.17, 15) is 0 Å². The van der Waals surface area contributed by atoms with E-state index in [4.69, 9.17) is 9.47 Å². The van der Waals surface area contributed by atoms with E-state index in [0.29, 0.717) is 12.0 Å². The summed E-state index contributed by atoms with van der Waals surface area (Å²) >= 11 is 0. The van der Waals surface area contributed by atoms with Gasteiger partial charge in [-0.3, -0.25) is 9.89 Å². The van der Waals surface area contributed by atoms with Gasteiger partial charge in [0.15, 0.2) is 5.96 Å². The van der Waals surface area contributed by atoms with Crippen molar-refractivity contribution in [2.24, 2.45) is 10.9 Å². The first-order chi connectivity index (χ1) is 11.8. The number of likely N-dealkylation sites (tertiary alicyclic amines) is 1. The van der Waals surface area contributed by atoms with Crippen molar-refractivity contribution >= 4 is 5.96 Å². The Morgan fingerprint density at radius 3 is 2.96 bits per heavy atom. The van der Waals surface area contributed by atoms with Gasteiger partial charge in [-0.05, 0) is 38.8 Å². The molecule has 2 N–H and O–H groups in total. The van der Waals surface area contributed by atoms with E-state index in [0.717, 1.165) is 64.9 Å². The van der Waals surface area contributed by atoms with Gasteiger partial charge in [-0.25, -0.2) is 0 Å². The van der Waals surface area contributed by atoms with Crippen molar-refractivity contribution < 1.29 is 9.47 Å². The lowest BCUT2D eigenvalue weighted by Crippen LogP contribution is -2.49. The van der Waals surface area contributed by atoms with Crippen LogP contribution in [0.25, 0.3) is 0 Å². The Bertz CT molecular complexity index is 359. The fourth-order valence-electron chi connectivity index (χ4n) is 3.49. The third kappa shape index (κ3) is 6.95. The molecule has 2 atom stereocenters. The second-order valence-corrected chi connectivity index (χ2v) is 6.82. The number of ether oxygens (including phenoxy) is 2. The number of hydrogen-bond donors (Lipinski definition) is 2. The van der Waals surface area contributed by atoms with Crippen molar-refractivity contribution in [3.8, 4) is 0 Å². The first-order valence-electron chi connectivity index (χ1n) is 9.67. The standard InChI is InChI=1S/C18H36N4O2/c1-3-22-10-5-4-7-17(22)13-21-18(19-2)20-9-6-11-23-14-16-8-12-24-15-16/h16-17H,3-15H2,1-2H3,(H2,19,20,21). The predicted octanol–water partition coefficient (Wildman–Crippen LogP) is 1.47. The zero-order chi connectivity index (χ0) is 17.0. The highest BCUT2D eigenvalue weighted by Gasteiger charge is 2.20. The topological polar surface area (TPSA) is 58.1 Å². The predicted molar refractivity (Wildman–Crippen MR) is 98.6 cm³/mol. The van der Waals surface area contributed by atoms with Crippen LogP contribution in [0.2, 0.25) is 0 Å². The van der Waals surface area contributed by atoms with Gasteiger partial charge < -0.3 is 20.1 Å². The smallest absolute Gasteiger partial charge is 0.191 e. The molecule has 0 bridgehead atoms. The van der Waals surface area contributed by atoms with Crippen LogP contribution in [0.1, 0.15) is 39.0 Å². The van der Waals surface area contributed by atoms with E-state index >= 15 is 0 Å². The second kappa shape index (κ2) is 11.7. The summed E-state index contributed by atoms with van der Waals surface area (Å²) in [4.78, 5) is 6.90. The van der Waals surface area contributed by atoms with Gasteiger partial charge in [0.25, 0.3) is 0 Å². The average molecular weight is 341 g/mol. The lowest BCUT2D eigenvalue weighted by Gasteiger charge is -2.35. The maximum atomic E-state index is 5.73. The molecule has 0 spiro atoms. The number of aliphatic imine (C=N–C) groups is 1. The molecule has 0 aromatic carbocycles. The van der Waals surface area contributed by atoms with Crippen LogP contribution in [0, 0.1) is 5.92 Å². The molecule has 24 heavy (non-hydrogen) atoms. The number of nitrogens with zero attached hydrogens (tertiary/aromatic N) is 2. The molecule has 2 aliphatic heterocycles. The Kier molecular flexibility index (Phi) is 9.46. The SMILES string of the molecule is CCN1CCCCC1CNC(=NC)NCCCOCC1CCOC1. The van der Waals surface area contributed by atoms with Crippen molar-refractivity contribution in [2.75, 3.05) is 59.7 Å². The Labute approximate surface area is 147 Å². The molecular formula is C18H36N4O2. The fourth-order valence-corrected chi connectivity index (χ4v) is 3.49. The molecule has 2 heterocycles. The summed E-state index contributed by atoms with van der Waals surface area (Å²) in [6.07, 6.45) is 6.11. The normalized spacial score (nSPS) is 25.8. The summed E-state index contributed by atoms with van der Waals surface area (Å²) in [5, 5.41) is 6.86. The van der Waals surface area contributed by atoms with Crippen molar-refractivity contribution in [1.29, 1.82) is 0 Å². The summed E-state index contributed by atoms with van der Waals surface area (Å²) in [5.74, 6) is 1.50. The highest BCUT2D eigenvalue weighted by atomic mass is 16.5. The third-order valence-electron chi connectivity index (χ3n) is 5.02. The molecule has 0 amide bonds. The number of rotatable bonds is 9. The molecule has 2 aliphatic rings. The van der Waals surface area contributed by atoms with Crippen molar-refractivity contribution in [1.82, 2.24) is 15.5 Å². The number of guanidine groups is 1. The van der Waals surface area contributed by atoms with Crippen LogP contribution < -0.4 is 10.6 Å². The zero-order valence-electron chi connectivity index (χ0n) is 15.6. The number of likely N-dealkylation sites (N-methyl/N-ethyl adjacent to an activating group) is 1. The zero-order valence-corrected chi connectivity index (χ0v) is 15.6. The van der Waals surface area contributed by atoms with Crippen molar-refractivity contribution in [3.05, 3.63) is 0 Å². The van der Waals surface area contributed by atoms with Crippen LogP contribution >= 0.6 is 0 Å². The molecule has 0 aromatic rings. The second-order valence-electron chi connectivity index (χ2n) is 6.82. The molecule has 6 heteroatoms. The summed E-state index contributed by atoms with van der Waals surface area (Å²) in [7, 11) is 1.84. The Balaban J connectivity index is 1.52. The van der Waals surface area contributed by atoms with E-state index < -0.39 is 0 Å². The van der Waals surface area contributed by atoms with Crippen LogP contribution in [0.5, 0.6) is 0 Å². The molecule has 6 nitrogen and oxygen atoms in total. The molecule has 2 fully saturated rings. The summed E-state index contributed by atoms with van der Waals surface area (Å²) in [5.41, 5.74) is 0. The molecule has 0 saturated carbocycles. The molecule has 2 unspecified atom stereocenters. The Morgan fingerprint density at radius 2 is 2.21 bits per heavy atom. The van der Waals surface area contributed by atoms with Crippen LogP contribution in [-0.2, 0) is 9.47 Å². The van der Waals surface area contributed by atoms with Crippen LogP contribution in [0.3, 0.4) is 0 Å². The molecule has 2 saturated heterocycles. The van der Waals surface area contributed by atoms with E-state index in [1.54, 1.807) is 0 Å². The largest absolute Gasteiger partial charge is 0.381 e. The van der Waals surface area contributed by atoms with Crippen LogP contribution in [0.4, 0.5) is 0 Å². The summed E-state index contributed by atoms with van der Waals surface area (Å²) in [6, 6.07) is 0.638. The maximum Gasteiger partial charge on any atom is 0.191 e. The molecular weight excluding hydrogens is 304 g/mol. The van der Waals surface area contributed by atoms with Gasteiger partial charge in [-0.2, -0.15) is 0 Å².